The highest BCUT2D eigenvalue weighted by Gasteiger charge is 2.40. The predicted octanol–water partition coefficient (Wildman–Crippen LogP) is 3.38. The number of nitrogens with one attached hydrogen (secondary N) is 3. The highest BCUT2D eigenvalue weighted by atomic mass is 19.4. The smallest absolute Gasteiger partial charge is 0.403 e. The molecular weight excluding hydrogens is 615 g/mol. The summed E-state index contributed by atoms with van der Waals surface area (Å²) in [7, 11) is 0. The van der Waals surface area contributed by atoms with Crippen LogP contribution in [0, 0.1) is 5.82 Å². The van der Waals surface area contributed by atoms with E-state index in [2.05, 4.69) is 35.5 Å². The molecule has 2 aromatic heterocycles. The number of nitrogens with zero attached hydrogens (tertiary/aromatic N) is 4. The number of ether oxygens (including phenoxy) is 1. The standard InChI is InChI=1S/C26H21F5N8O6/c27-12-8-17(24(42)34-15-2-1-3-18(21(15)28)45-26(29,30)31)38(10-12)20(40)11-39-16-5-4-13(9-14(16)22(36-39)23(32)41)33-25(43)35-19-6-7-44-37-19/h1-7,9,12,17H,8,10-11H2,(H2,32,41)(H,34,42)(H2,33,35,37,43). The Balaban J connectivity index is 1.33. The SMILES string of the molecule is NC(=O)c1nn(CC(=O)N2CC(F)CC2C(=O)Nc2cccc(OC(F)(F)F)c2F)c2ccc(NC(=O)Nc3ccon3)cc12. The number of urea groups is 1. The third-order valence-corrected chi connectivity index (χ3v) is 6.53. The Morgan fingerprint density at radius 1 is 1.09 bits per heavy atom. The molecule has 1 aliphatic rings. The predicted molar refractivity (Wildman–Crippen MR) is 144 cm³/mol. The fraction of sp³-hybridized carbons (Fsp3) is 0.231. The number of halogens is 5. The van der Waals surface area contributed by atoms with E-state index in [1.807, 2.05) is 0 Å². The summed E-state index contributed by atoms with van der Waals surface area (Å²) < 4.78 is 76.1. The van der Waals surface area contributed by atoms with Gasteiger partial charge in [-0.2, -0.15) is 5.10 Å². The van der Waals surface area contributed by atoms with Crippen LogP contribution < -0.4 is 26.4 Å². The lowest BCUT2D eigenvalue weighted by molar-refractivity contribution is -0.275. The van der Waals surface area contributed by atoms with Crippen LogP contribution in [0.15, 0.2) is 53.3 Å². The van der Waals surface area contributed by atoms with Crippen molar-refractivity contribution in [2.24, 2.45) is 5.73 Å². The number of fused-ring (bicyclic) bond motifs is 1. The van der Waals surface area contributed by atoms with Gasteiger partial charge in [0.05, 0.1) is 17.7 Å². The summed E-state index contributed by atoms with van der Waals surface area (Å²) in [6.07, 6.45) is -6.08. The molecule has 2 unspecified atom stereocenters. The van der Waals surface area contributed by atoms with Crippen molar-refractivity contribution in [2.75, 3.05) is 22.5 Å². The van der Waals surface area contributed by atoms with Crippen molar-refractivity contribution in [1.82, 2.24) is 19.8 Å². The number of alkyl halides is 4. The molecular formula is C26H21F5N8O6. The first-order valence-electron chi connectivity index (χ1n) is 12.9. The zero-order valence-electron chi connectivity index (χ0n) is 22.6. The van der Waals surface area contributed by atoms with Gasteiger partial charge in [0.15, 0.2) is 23.1 Å². The summed E-state index contributed by atoms with van der Waals surface area (Å²) in [5.74, 6) is -5.43. The van der Waals surface area contributed by atoms with E-state index in [-0.39, 0.29) is 28.1 Å². The van der Waals surface area contributed by atoms with E-state index in [1.165, 1.54) is 30.5 Å². The molecule has 19 heteroatoms. The van der Waals surface area contributed by atoms with Crippen molar-refractivity contribution in [3.8, 4) is 5.75 Å². The van der Waals surface area contributed by atoms with E-state index in [0.29, 0.717) is 6.07 Å². The molecule has 5 amide bonds. The van der Waals surface area contributed by atoms with Gasteiger partial charge in [0.2, 0.25) is 11.8 Å². The summed E-state index contributed by atoms with van der Waals surface area (Å²) in [6.45, 7) is -1.11. The molecule has 4 aromatic rings. The molecule has 3 heterocycles. The van der Waals surface area contributed by atoms with Crippen molar-refractivity contribution in [3.63, 3.8) is 0 Å². The van der Waals surface area contributed by atoms with E-state index in [4.69, 9.17) is 5.73 Å². The van der Waals surface area contributed by atoms with Gasteiger partial charge >= 0.3 is 12.4 Å². The van der Waals surface area contributed by atoms with Gasteiger partial charge in [0.25, 0.3) is 5.91 Å². The second-order valence-corrected chi connectivity index (χ2v) is 9.62. The van der Waals surface area contributed by atoms with E-state index in [1.54, 1.807) is 0 Å². The number of benzene rings is 2. The molecule has 45 heavy (non-hydrogen) atoms. The molecule has 0 aliphatic carbocycles. The van der Waals surface area contributed by atoms with Crippen molar-refractivity contribution in [2.45, 2.75) is 31.5 Å². The Bertz CT molecular complexity index is 1780. The van der Waals surface area contributed by atoms with Gasteiger partial charge in [-0.05, 0) is 30.3 Å². The lowest BCUT2D eigenvalue weighted by Gasteiger charge is -2.24. The molecule has 2 aromatic carbocycles. The first kappa shape index (κ1) is 30.7. The van der Waals surface area contributed by atoms with Crippen LogP contribution in [0.3, 0.4) is 0 Å². The molecule has 5 N–H and O–H groups in total. The van der Waals surface area contributed by atoms with Crippen molar-refractivity contribution >= 4 is 51.8 Å². The number of anilines is 3. The van der Waals surface area contributed by atoms with Gasteiger partial charge in [-0.25, -0.2) is 13.6 Å². The Kier molecular flexibility index (Phi) is 8.25. The molecule has 1 saturated heterocycles. The highest BCUT2D eigenvalue weighted by Crippen LogP contribution is 2.31. The number of carbonyl (C=O) groups excluding carboxylic acids is 4. The number of amides is 5. The second-order valence-electron chi connectivity index (χ2n) is 9.62. The maximum absolute atomic E-state index is 14.6. The molecule has 14 nitrogen and oxygen atoms in total. The molecule has 236 valence electrons. The van der Waals surface area contributed by atoms with Gasteiger partial charge in [-0.1, -0.05) is 11.2 Å². The summed E-state index contributed by atoms with van der Waals surface area (Å²) >= 11 is 0. The van der Waals surface area contributed by atoms with Crippen molar-refractivity contribution in [1.29, 1.82) is 0 Å². The molecule has 0 saturated carbocycles. The zero-order valence-corrected chi connectivity index (χ0v) is 22.6. The maximum Gasteiger partial charge on any atom is 0.573 e. The van der Waals surface area contributed by atoms with Gasteiger partial charge in [0, 0.05) is 23.6 Å². The largest absolute Gasteiger partial charge is 0.573 e. The van der Waals surface area contributed by atoms with Crippen LogP contribution >= 0.6 is 0 Å². The first-order valence-corrected chi connectivity index (χ1v) is 12.9. The number of hydrogen-bond donors (Lipinski definition) is 4. The molecule has 0 radical (unpaired) electrons. The minimum atomic E-state index is -5.20. The Hall–Kier alpha value is -5.75. The Labute approximate surface area is 248 Å². The number of primary amides is 1. The molecule has 0 bridgehead atoms. The molecule has 2 atom stereocenters. The summed E-state index contributed by atoms with van der Waals surface area (Å²) in [5, 5.41) is 14.8. The highest BCUT2D eigenvalue weighted by molar-refractivity contribution is 6.07. The lowest BCUT2D eigenvalue weighted by atomic mass is 10.1. The van der Waals surface area contributed by atoms with Crippen LogP contribution in [0.25, 0.3) is 10.9 Å². The molecule has 1 aliphatic heterocycles. The van der Waals surface area contributed by atoms with Crippen LogP contribution in [0.2, 0.25) is 0 Å². The van der Waals surface area contributed by atoms with Crippen LogP contribution in [-0.4, -0.2) is 68.7 Å². The fourth-order valence-electron chi connectivity index (χ4n) is 4.67. The van der Waals surface area contributed by atoms with Crippen LogP contribution in [0.1, 0.15) is 16.9 Å². The van der Waals surface area contributed by atoms with Gasteiger partial charge in [0.1, 0.15) is 25.0 Å². The van der Waals surface area contributed by atoms with Crippen LogP contribution in [-0.2, 0) is 16.1 Å². The Morgan fingerprint density at radius 3 is 2.56 bits per heavy atom. The summed E-state index contributed by atoms with van der Waals surface area (Å²) in [5.41, 5.74) is 4.96. The van der Waals surface area contributed by atoms with Crippen LogP contribution in [0.5, 0.6) is 5.75 Å². The van der Waals surface area contributed by atoms with Gasteiger partial charge in [-0.3, -0.25) is 24.4 Å². The normalized spacial score (nSPS) is 16.4. The maximum atomic E-state index is 14.6. The third kappa shape index (κ3) is 6.92. The number of aromatic nitrogens is 3. The van der Waals surface area contributed by atoms with Crippen molar-refractivity contribution < 1.29 is 50.4 Å². The topological polar surface area (TPSA) is 187 Å². The van der Waals surface area contributed by atoms with E-state index >= 15 is 0 Å². The number of hydrogen-bond acceptors (Lipinski definition) is 8. The second kappa shape index (κ2) is 12.1. The van der Waals surface area contributed by atoms with Crippen molar-refractivity contribution in [3.05, 3.63) is 60.2 Å². The first-order chi connectivity index (χ1) is 21.3. The monoisotopic (exact) mass is 636 g/mol. The lowest BCUT2D eigenvalue weighted by Crippen LogP contribution is -2.44. The van der Waals surface area contributed by atoms with Crippen LogP contribution in [0.4, 0.5) is 43.9 Å². The number of carbonyl (C=O) groups is 4. The van der Waals surface area contributed by atoms with Gasteiger partial charge in [-0.15, -0.1) is 13.2 Å². The number of rotatable bonds is 8. The molecule has 0 spiro atoms. The fourth-order valence-corrected chi connectivity index (χ4v) is 4.67. The summed E-state index contributed by atoms with van der Waals surface area (Å²) in [4.78, 5) is 51.5. The van der Waals surface area contributed by atoms with E-state index < -0.39 is 79.1 Å². The average molecular weight is 636 g/mol. The Morgan fingerprint density at radius 2 is 1.87 bits per heavy atom. The number of nitrogens with two attached hydrogens (primary N) is 1. The zero-order chi connectivity index (χ0) is 32.5. The van der Waals surface area contributed by atoms with Gasteiger partial charge < -0.3 is 30.5 Å². The van der Waals surface area contributed by atoms with E-state index in [0.717, 1.165) is 21.7 Å². The summed E-state index contributed by atoms with van der Waals surface area (Å²) in [6, 6.07) is 6.15. The number of likely N-dealkylation sites (tertiary alicyclic amines) is 1. The third-order valence-electron chi connectivity index (χ3n) is 6.53. The average Bonchev–Trinajstić information content (AvgIpc) is 3.69. The minimum Gasteiger partial charge on any atom is -0.403 e. The minimum absolute atomic E-state index is 0.135. The van der Waals surface area contributed by atoms with E-state index in [9.17, 15) is 41.1 Å². The molecule has 5 rings (SSSR count). The molecule has 1 fully saturated rings. The quantitative estimate of drug-likeness (QED) is 0.212.